The third-order valence-electron chi connectivity index (χ3n) is 6.04. The molecular weight excluding hydrogens is 618 g/mol. The van der Waals surface area contributed by atoms with Crippen LogP contribution in [-0.2, 0) is 28.5 Å². The summed E-state index contributed by atoms with van der Waals surface area (Å²) in [5, 5.41) is 2.80. The number of hydrogen-bond donors (Lipinski definition) is 1. The number of anilines is 1. The number of benzene rings is 2. The van der Waals surface area contributed by atoms with Crippen molar-refractivity contribution in [3.63, 3.8) is 0 Å². The molecule has 43 heavy (non-hydrogen) atoms. The Labute approximate surface area is 239 Å². The summed E-state index contributed by atoms with van der Waals surface area (Å²) in [6, 6.07) is 7.93. The first-order chi connectivity index (χ1) is 19.5. The van der Waals surface area contributed by atoms with Gasteiger partial charge in [-0.25, -0.2) is 18.1 Å². The second kappa shape index (κ2) is 11.5. The van der Waals surface area contributed by atoms with Crippen LogP contribution < -0.4 is 10.6 Å². The van der Waals surface area contributed by atoms with Crippen LogP contribution in [-0.4, -0.2) is 59.2 Å². The molecule has 0 aliphatic rings. The maximum Gasteiger partial charge on any atom is 0.461 e. The van der Waals surface area contributed by atoms with Gasteiger partial charge in [0.25, 0.3) is 5.91 Å². The molecule has 0 aliphatic carbocycles. The summed E-state index contributed by atoms with van der Waals surface area (Å²) in [4.78, 5) is 29.1. The molecule has 2 N–H and O–H groups in total. The molecule has 0 bridgehead atoms. The summed E-state index contributed by atoms with van der Waals surface area (Å²) in [7, 11) is -3.67. The Morgan fingerprint density at radius 1 is 1.00 bits per heavy atom. The van der Waals surface area contributed by atoms with E-state index in [9.17, 15) is 53.1 Å². The second-order valence-corrected chi connectivity index (χ2v) is 11.8. The van der Waals surface area contributed by atoms with Gasteiger partial charge < -0.3 is 10.6 Å². The van der Waals surface area contributed by atoms with E-state index in [1.54, 1.807) is 0 Å². The molecule has 2 aromatic carbocycles. The van der Waals surface area contributed by atoms with Crippen LogP contribution in [0.25, 0.3) is 0 Å². The van der Waals surface area contributed by atoms with Crippen molar-refractivity contribution in [2.24, 2.45) is 5.73 Å². The van der Waals surface area contributed by atoms with Crippen LogP contribution in [0.4, 0.5) is 40.8 Å². The lowest BCUT2D eigenvalue weighted by molar-refractivity contribution is -0.292. The highest BCUT2D eigenvalue weighted by molar-refractivity contribution is 7.90. The number of primary amides is 1. The van der Waals surface area contributed by atoms with Crippen LogP contribution in [0.5, 0.6) is 0 Å². The molecule has 1 aromatic heterocycles. The number of nitrogens with two attached hydrogens (primary N) is 1. The number of alkyl halides is 8. The van der Waals surface area contributed by atoms with Crippen molar-refractivity contribution < 1.29 is 53.1 Å². The molecule has 9 nitrogen and oxygen atoms in total. The first-order valence-corrected chi connectivity index (χ1v) is 14.1. The van der Waals surface area contributed by atoms with Gasteiger partial charge in [-0.1, -0.05) is 24.3 Å². The fraction of sp³-hybridized carbons (Fsp3) is 0.360. The van der Waals surface area contributed by atoms with E-state index in [0.717, 1.165) is 17.2 Å². The number of amides is 2. The molecule has 0 saturated heterocycles. The molecule has 0 unspecified atom stereocenters. The zero-order valence-electron chi connectivity index (χ0n) is 22.5. The molecule has 2 amide bonds. The Kier molecular flexibility index (Phi) is 8.96. The predicted molar refractivity (Wildman–Crippen MR) is 136 cm³/mol. The Bertz CT molecular complexity index is 1650. The molecule has 1 heterocycles. The van der Waals surface area contributed by atoms with Gasteiger partial charge in [0.05, 0.1) is 23.4 Å². The SMILES string of the molecule is Cc1cc(Cn2nc(C(F)(F)C(F)(F)F)nc2C(F)(F)F)ccc1N(C(=O)c1ccccc1C(N)=O)[C@@H](C)CS(C)(=O)=O. The normalized spacial score (nSPS) is 13.6. The second-order valence-electron chi connectivity index (χ2n) is 9.63. The van der Waals surface area contributed by atoms with E-state index in [1.807, 2.05) is 0 Å². The van der Waals surface area contributed by atoms with Crippen LogP contribution in [0.15, 0.2) is 42.5 Å². The standard InChI is InChI=1S/C25H23F8N5O4S/c1-13-10-15(11-37-22(24(28,29)30)35-21(36-37)23(26,27)25(31,32)33)8-9-18(13)38(14(2)12-43(3,41)42)20(40)17-7-5-4-6-16(17)19(34)39/h4-10,14H,11-12H2,1-3H3,(H2,34,39)/t14-/m0/s1. The minimum atomic E-state index is -6.26. The van der Waals surface area contributed by atoms with Crippen molar-refractivity contribution in [1.29, 1.82) is 0 Å². The topological polar surface area (TPSA) is 128 Å². The number of carbonyl (C=O) groups excluding carboxylic acids is 2. The maximum atomic E-state index is 13.7. The van der Waals surface area contributed by atoms with Gasteiger partial charge in [-0.05, 0) is 43.2 Å². The van der Waals surface area contributed by atoms with Crippen molar-refractivity contribution in [3.05, 3.63) is 76.4 Å². The zero-order valence-corrected chi connectivity index (χ0v) is 23.3. The predicted octanol–water partition coefficient (Wildman–Crippen LogP) is 4.49. The number of halogens is 8. The number of aromatic nitrogens is 3. The van der Waals surface area contributed by atoms with Gasteiger partial charge in [-0.3, -0.25) is 9.59 Å². The summed E-state index contributed by atoms with van der Waals surface area (Å²) >= 11 is 0. The van der Waals surface area contributed by atoms with Crippen LogP contribution in [0.1, 0.15) is 50.4 Å². The molecule has 3 rings (SSSR count). The molecular formula is C25H23F8N5O4S. The Hall–Kier alpha value is -4.09. The van der Waals surface area contributed by atoms with Gasteiger partial charge in [-0.2, -0.15) is 35.1 Å². The highest BCUT2D eigenvalue weighted by Gasteiger charge is 2.62. The first-order valence-electron chi connectivity index (χ1n) is 12.0. The molecule has 0 aliphatic heterocycles. The van der Waals surface area contributed by atoms with Gasteiger partial charge in [0.15, 0.2) is 0 Å². The quantitative estimate of drug-likeness (QED) is 0.343. The Balaban J connectivity index is 2.10. The number of aryl methyl sites for hydroxylation is 1. The fourth-order valence-corrected chi connectivity index (χ4v) is 5.28. The van der Waals surface area contributed by atoms with Crippen molar-refractivity contribution in [2.45, 2.75) is 44.7 Å². The van der Waals surface area contributed by atoms with Gasteiger partial charge in [-0.15, -0.1) is 5.10 Å². The molecule has 234 valence electrons. The summed E-state index contributed by atoms with van der Waals surface area (Å²) < 4.78 is 130. The molecule has 3 aromatic rings. The largest absolute Gasteiger partial charge is 0.461 e. The van der Waals surface area contributed by atoms with E-state index in [1.165, 1.54) is 50.2 Å². The van der Waals surface area contributed by atoms with E-state index >= 15 is 0 Å². The minimum Gasteiger partial charge on any atom is -0.366 e. The third kappa shape index (κ3) is 7.29. The lowest BCUT2D eigenvalue weighted by Crippen LogP contribution is -2.43. The summed E-state index contributed by atoms with van der Waals surface area (Å²) in [6.07, 6.45) is -10.8. The van der Waals surface area contributed by atoms with E-state index in [0.29, 0.717) is 0 Å². The average molecular weight is 642 g/mol. The van der Waals surface area contributed by atoms with E-state index in [4.69, 9.17) is 5.73 Å². The molecule has 1 atom stereocenters. The summed E-state index contributed by atoms with van der Waals surface area (Å²) in [6.45, 7) is 1.84. The fourth-order valence-electron chi connectivity index (χ4n) is 4.25. The number of rotatable bonds is 9. The Morgan fingerprint density at radius 2 is 1.58 bits per heavy atom. The maximum absolute atomic E-state index is 13.7. The van der Waals surface area contributed by atoms with Crippen LogP contribution in [0.2, 0.25) is 0 Å². The first kappa shape index (κ1) is 33.4. The smallest absolute Gasteiger partial charge is 0.366 e. The van der Waals surface area contributed by atoms with Crippen molar-refractivity contribution in [2.75, 3.05) is 16.9 Å². The summed E-state index contributed by atoms with van der Waals surface area (Å²) in [5.74, 6) is -12.6. The Morgan fingerprint density at radius 3 is 2.07 bits per heavy atom. The highest BCUT2D eigenvalue weighted by Crippen LogP contribution is 2.43. The van der Waals surface area contributed by atoms with Gasteiger partial charge in [0, 0.05) is 18.0 Å². The van der Waals surface area contributed by atoms with Crippen LogP contribution in [0, 0.1) is 6.92 Å². The van der Waals surface area contributed by atoms with Gasteiger partial charge in [0.2, 0.25) is 17.6 Å². The van der Waals surface area contributed by atoms with Crippen molar-refractivity contribution in [3.8, 4) is 0 Å². The van der Waals surface area contributed by atoms with E-state index in [-0.39, 0.29) is 32.6 Å². The average Bonchev–Trinajstić information content (AvgIpc) is 3.29. The number of hydrogen-bond acceptors (Lipinski definition) is 6. The minimum absolute atomic E-state index is 0.0584. The van der Waals surface area contributed by atoms with Crippen LogP contribution >= 0.6 is 0 Å². The molecule has 0 saturated carbocycles. The monoisotopic (exact) mass is 641 g/mol. The molecule has 0 fully saturated rings. The number of sulfone groups is 1. The van der Waals surface area contributed by atoms with Gasteiger partial charge in [0.1, 0.15) is 9.84 Å². The zero-order chi connectivity index (χ0) is 32.7. The van der Waals surface area contributed by atoms with Crippen LogP contribution in [0.3, 0.4) is 0 Å². The third-order valence-corrected chi connectivity index (χ3v) is 7.13. The summed E-state index contributed by atoms with van der Waals surface area (Å²) in [5.41, 5.74) is 5.19. The molecule has 0 radical (unpaired) electrons. The lowest BCUT2D eigenvalue weighted by atomic mass is 10.0. The molecule has 0 spiro atoms. The van der Waals surface area contributed by atoms with Crippen molar-refractivity contribution in [1.82, 2.24) is 14.8 Å². The molecule has 18 heteroatoms. The highest BCUT2D eigenvalue weighted by atomic mass is 32.2. The number of carbonyl (C=O) groups is 2. The lowest BCUT2D eigenvalue weighted by Gasteiger charge is -2.31. The van der Waals surface area contributed by atoms with Crippen molar-refractivity contribution >= 4 is 27.3 Å². The van der Waals surface area contributed by atoms with E-state index < -0.39 is 69.9 Å². The van der Waals surface area contributed by atoms with Gasteiger partial charge >= 0.3 is 18.3 Å². The van der Waals surface area contributed by atoms with E-state index in [2.05, 4.69) is 10.1 Å². The number of nitrogens with zero attached hydrogens (tertiary/aromatic N) is 4.